The number of fused-ring (bicyclic) bond motifs is 1. The van der Waals surface area contributed by atoms with Crippen LogP contribution in [0.5, 0.6) is 0 Å². The van der Waals surface area contributed by atoms with Gasteiger partial charge in [-0.1, -0.05) is 24.1 Å². The minimum Gasteiger partial charge on any atom is -0.382 e. The number of nitrogens with zero attached hydrogens (tertiary/aromatic N) is 5. The van der Waals surface area contributed by atoms with Gasteiger partial charge in [0.05, 0.1) is 6.04 Å². The Hall–Kier alpha value is -4.38. The first kappa shape index (κ1) is 20.5. The zero-order valence-electron chi connectivity index (χ0n) is 18.2. The van der Waals surface area contributed by atoms with Gasteiger partial charge in [0, 0.05) is 36.4 Å². The SMILES string of the molecule is CC#CC(=O)N1CCC[C@H]1c1nc(-c2ccc(Nc3ccccn3)cc2)c2c(N)nccn12. The van der Waals surface area contributed by atoms with E-state index in [9.17, 15) is 4.79 Å². The molecular formula is C25H23N7O. The lowest BCUT2D eigenvalue weighted by atomic mass is 10.1. The molecule has 1 amide bonds. The number of nitrogens with two attached hydrogens (primary N) is 1. The number of likely N-dealkylation sites (tertiary alicyclic amines) is 1. The summed E-state index contributed by atoms with van der Waals surface area (Å²) in [5.74, 6) is 7.13. The van der Waals surface area contributed by atoms with E-state index < -0.39 is 0 Å². The second-order valence-corrected chi connectivity index (χ2v) is 7.80. The van der Waals surface area contributed by atoms with Gasteiger partial charge in [0.1, 0.15) is 28.7 Å². The molecule has 1 aromatic carbocycles. The van der Waals surface area contributed by atoms with Gasteiger partial charge in [-0.25, -0.2) is 15.0 Å². The first-order valence-electron chi connectivity index (χ1n) is 10.8. The Kier molecular flexibility index (Phi) is 5.37. The van der Waals surface area contributed by atoms with Crippen LogP contribution in [0.3, 0.4) is 0 Å². The average Bonchev–Trinajstić information content (AvgIpc) is 3.46. The van der Waals surface area contributed by atoms with Crippen LogP contribution in [-0.4, -0.2) is 36.7 Å². The van der Waals surface area contributed by atoms with Gasteiger partial charge in [-0.3, -0.25) is 9.20 Å². The fraction of sp³-hybridized carbons (Fsp3) is 0.200. The van der Waals surface area contributed by atoms with E-state index in [0.29, 0.717) is 12.4 Å². The van der Waals surface area contributed by atoms with Crippen LogP contribution in [0.15, 0.2) is 61.1 Å². The second kappa shape index (κ2) is 8.63. The molecule has 3 N–H and O–H groups in total. The minimum atomic E-state index is -0.176. The van der Waals surface area contributed by atoms with Crippen molar-refractivity contribution in [3.8, 4) is 23.1 Å². The Morgan fingerprint density at radius 1 is 1.15 bits per heavy atom. The molecule has 5 rings (SSSR count). The van der Waals surface area contributed by atoms with E-state index >= 15 is 0 Å². The van der Waals surface area contributed by atoms with Crippen molar-refractivity contribution >= 4 is 28.7 Å². The number of hydrogen-bond donors (Lipinski definition) is 2. The molecule has 0 bridgehead atoms. The Balaban J connectivity index is 1.54. The predicted molar refractivity (Wildman–Crippen MR) is 127 cm³/mol. The summed E-state index contributed by atoms with van der Waals surface area (Å²) in [6, 6.07) is 13.5. The van der Waals surface area contributed by atoms with Gasteiger partial charge < -0.3 is 16.0 Å². The maximum atomic E-state index is 12.6. The molecule has 0 spiro atoms. The van der Waals surface area contributed by atoms with Gasteiger partial charge in [0.2, 0.25) is 0 Å². The quantitative estimate of drug-likeness (QED) is 0.471. The van der Waals surface area contributed by atoms with Crippen LogP contribution in [0.25, 0.3) is 16.8 Å². The molecule has 8 nitrogen and oxygen atoms in total. The molecule has 0 saturated carbocycles. The molecule has 1 fully saturated rings. The molecule has 1 atom stereocenters. The second-order valence-electron chi connectivity index (χ2n) is 7.80. The predicted octanol–water partition coefficient (Wildman–Crippen LogP) is 3.80. The summed E-state index contributed by atoms with van der Waals surface area (Å²) in [6.45, 7) is 2.33. The van der Waals surface area contributed by atoms with Crippen molar-refractivity contribution in [1.29, 1.82) is 0 Å². The largest absolute Gasteiger partial charge is 0.382 e. The Morgan fingerprint density at radius 2 is 2.00 bits per heavy atom. The summed E-state index contributed by atoms with van der Waals surface area (Å²) in [4.78, 5) is 27.9. The Labute approximate surface area is 191 Å². The minimum absolute atomic E-state index is 0.161. The number of imidazole rings is 1. The lowest BCUT2D eigenvalue weighted by molar-refractivity contribution is -0.126. The molecule has 4 aromatic rings. The molecule has 1 aliphatic rings. The van der Waals surface area contributed by atoms with Crippen molar-refractivity contribution in [2.24, 2.45) is 0 Å². The van der Waals surface area contributed by atoms with Crippen molar-refractivity contribution in [3.05, 3.63) is 66.9 Å². The number of benzene rings is 1. The van der Waals surface area contributed by atoms with Gasteiger partial charge >= 0.3 is 0 Å². The van der Waals surface area contributed by atoms with Crippen molar-refractivity contribution < 1.29 is 4.79 Å². The summed E-state index contributed by atoms with van der Waals surface area (Å²) in [5, 5.41) is 3.28. The Morgan fingerprint density at radius 3 is 2.76 bits per heavy atom. The van der Waals surface area contributed by atoms with E-state index in [-0.39, 0.29) is 11.9 Å². The van der Waals surface area contributed by atoms with Crippen molar-refractivity contribution in [1.82, 2.24) is 24.3 Å². The summed E-state index contributed by atoms with van der Waals surface area (Å²) >= 11 is 0. The molecule has 1 aliphatic heterocycles. The third-order valence-corrected chi connectivity index (χ3v) is 5.75. The van der Waals surface area contributed by atoms with Crippen LogP contribution in [0.4, 0.5) is 17.3 Å². The molecule has 0 aliphatic carbocycles. The standard InChI is InChI=1S/C25H23N7O/c1-2-6-21(33)31-15-5-7-19(31)25-30-22(23-24(26)28-14-16-32(23)25)17-9-11-18(12-10-17)29-20-8-3-4-13-27-20/h3-4,8-14,16,19H,5,7,15H2,1H3,(H2,26,28)(H,27,29)/t19-/m0/s1. The number of aromatic nitrogens is 4. The molecule has 0 radical (unpaired) electrons. The van der Waals surface area contributed by atoms with E-state index in [4.69, 9.17) is 10.7 Å². The lowest BCUT2D eigenvalue weighted by Crippen LogP contribution is -2.30. The highest BCUT2D eigenvalue weighted by Crippen LogP contribution is 2.36. The van der Waals surface area contributed by atoms with Crippen LogP contribution in [0, 0.1) is 11.8 Å². The molecule has 33 heavy (non-hydrogen) atoms. The van der Waals surface area contributed by atoms with Crippen molar-refractivity contribution in [2.75, 3.05) is 17.6 Å². The molecule has 164 valence electrons. The number of amides is 1. The van der Waals surface area contributed by atoms with E-state index in [0.717, 1.165) is 46.9 Å². The molecular weight excluding hydrogens is 414 g/mol. The third-order valence-electron chi connectivity index (χ3n) is 5.75. The molecule has 0 unspecified atom stereocenters. The Bertz CT molecular complexity index is 1370. The van der Waals surface area contributed by atoms with Crippen LogP contribution in [0.2, 0.25) is 0 Å². The highest BCUT2D eigenvalue weighted by molar-refractivity contribution is 5.94. The number of carbonyl (C=O) groups excluding carboxylic acids is 1. The third kappa shape index (κ3) is 3.85. The van der Waals surface area contributed by atoms with Gasteiger partial charge in [-0.15, -0.1) is 0 Å². The normalized spacial score (nSPS) is 15.3. The summed E-state index contributed by atoms with van der Waals surface area (Å²) in [6.07, 6.45) is 6.98. The van der Waals surface area contributed by atoms with Crippen molar-refractivity contribution in [2.45, 2.75) is 25.8 Å². The summed E-state index contributed by atoms with van der Waals surface area (Å²) < 4.78 is 1.95. The number of carbonyl (C=O) groups is 1. The van der Waals surface area contributed by atoms with Crippen molar-refractivity contribution in [3.63, 3.8) is 0 Å². The molecule has 1 saturated heterocycles. The van der Waals surface area contributed by atoms with Crippen LogP contribution < -0.4 is 11.1 Å². The number of nitrogens with one attached hydrogen (secondary N) is 1. The van der Waals surface area contributed by atoms with Crippen LogP contribution >= 0.6 is 0 Å². The number of anilines is 3. The first-order chi connectivity index (χ1) is 16.2. The average molecular weight is 438 g/mol. The zero-order chi connectivity index (χ0) is 22.8. The topological polar surface area (TPSA) is 101 Å². The highest BCUT2D eigenvalue weighted by Gasteiger charge is 2.33. The molecule has 8 heteroatoms. The number of hydrogen-bond acceptors (Lipinski definition) is 6. The van der Waals surface area contributed by atoms with Crippen LogP contribution in [0.1, 0.15) is 31.6 Å². The van der Waals surface area contributed by atoms with E-state index in [1.54, 1.807) is 24.2 Å². The van der Waals surface area contributed by atoms with Gasteiger partial charge in [-0.05, 0) is 50.0 Å². The van der Waals surface area contributed by atoms with E-state index in [2.05, 4.69) is 27.1 Å². The fourth-order valence-electron chi connectivity index (χ4n) is 4.28. The fourth-order valence-corrected chi connectivity index (χ4v) is 4.28. The summed E-state index contributed by atoms with van der Waals surface area (Å²) in [7, 11) is 0. The van der Waals surface area contributed by atoms with Gasteiger partial charge in [-0.2, -0.15) is 0 Å². The van der Waals surface area contributed by atoms with Gasteiger partial charge in [0.15, 0.2) is 0 Å². The number of rotatable bonds is 4. The smallest absolute Gasteiger partial charge is 0.299 e. The van der Waals surface area contributed by atoms with E-state index in [1.807, 2.05) is 53.1 Å². The lowest BCUT2D eigenvalue weighted by Gasteiger charge is -2.21. The number of pyridine rings is 1. The maximum Gasteiger partial charge on any atom is 0.299 e. The van der Waals surface area contributed by atoms with E-state index in [1.165, 1.54) is 0 Å². The molecule has 3 aromatic heterocycles. The first-order valence-corrected chi connectivity index (χ1v) is 10.8. The molecule has 4 heterocycles. The summed E-state index contributed by atoms with van der Waals surface area (Å²) in [5.41, 5.74) is 9.58. The zero-order valence-corrected chi connectivity index (χ0v) is 18.2. The maximum absolute atomic E-state index is 12.6. The van der Waals surface area contributed by atoms with Gasteiger partial charge in [0.25, 0.3) is 5.91 Å². The number of nitrogen functional groups attached to an aromatic ring is 1. The monoisotopic (exact) mass is 437 g/mol. The highest BCUT2D eigenvalue weighted by atomic mass is 16.2. The van der Waals surface area contributed by atoms with Crippen LogP contribution in [-0.2, 0) is 4.79 Å².